The molecule has 7 N–H and O–H groups in total. The predicted molar refractivity (Wildman–Crippen MR) is 66.5 cm³/mol. The predicted octanol–water partition coefficient (Wildman–Crippen LogP) is -0.177. The summed E-state index contributed by atoms with van der Waals surface area (Å²) in [4.78, 5) is 21.6. The molecule has 0 spiro atoms. The van der Waals surface area contributed by atoms with E-state index in [2.05, 4.69) is 0 Å². The number of hydrogen-bond acceptors (Lipinski definition) is 5. The lowest BCUT2D eigenvalue weighted by atomic mass is 9.79. The molecule has 1 rings (SSSR count). The summed E-state index contributed by atoms with van der Waals surface area (Å²) >= 11 is 0. The van der Waals surface area contributed by atoms with Gasteiger partial charge in [-0.1, -0.05) is 18.2 Å². The van der Waals surface area contributed by atoms with Gasteiger partial charge in [0, 0.05) is 11.6 Å². The van der Waals surface area contributed by atoms with Crippen molar-refractivity contribution < 1.29 is 24.9 Å². The highest BCUT2D eigenvalue weighted by Crippen LogP contribution is 2.33. The lowest BCUT2D eigenvalue weighted by molar-refractivity contribution is -0.141. The lowest BCUT2D eigenvalue weighted by Gasteiger charge is -2.34. The quantitative estimate of drug-likeness (QED) is 0.481. The van der Waals surface area contributed by atoms with Gasteiger partial charge in [-0.05, 0) is 6.07 Å². The summed E-state index contributed by atoms with van der Waals surface area (Å²) in [6.45, 7) is 0. The van der Waals surface area contributed by atoms with E-state index in [0.29, 0.717) is 0 Å². The highest BCUT2D eigenvalue weighted by molar-refractivity contribution is 5.71. The molecule has 0 amide bonds. The molecule has 104 valence electrons. The number of aliphatic carboxylic acids is 2. The monoisotopic (exact) mass is 268 g/mol. The Morgan fingerprint density at radius 1 is 1.21 bits per heavy atom. The Balaban J connectivity index is 3.23. The Labute approximate surface area is 109 Å². The standard InChI is InChI=1S/C12H16N2O5/c13-9(5-10(16)17)12(14,6-11(18)19)7-3-1-2-4-8(7)15/h1-4,9,15H,5-6,13-14H2,(H,16,17)(H,18,19). The summed E-state index contributed by atoms with van der Waals surface area (Å²) in [5, 5.41) is 27.4. The summed E-state index contributed by atoms with van der Waals surface area (Å²) in [6, 6.07) is 4.73. The molecule has 0 saturated heterocycles. The number of carboxylic acid groups (broad SMARTS) is 2. The fourth-order valence-electron chi connectivity index (χ4n) is 1.91. The lowest BCUT2D eigenvalue weighted by Crippen LogP contribution is -2.54. The van der Waals surface area contributed by atoms with E-state index in [9.17, 15) is 14.7 Å². The Morgan fingerprint density at radius 2 is 1.79 bits per heavy atom. The van der Waals surface area contributed by atoms with Gasteiger partial charge in [-0.2, -0.15) is 0 Å². The number of aromatic hydroxyl groups is 1. The van der Waals surface area contributed by atoms with Crippen molar-refractivity contribution in [3.8, 4) is 5.75 Å². The van der Waals surface area contributed by atoms with Gasteiger partial charge in [0.15, 0.2) is 0 Å². The first-order valence-corrected chi connectivity index (χ1v) is 5.54. The topological polar surface area (TPSA) is 147 Å². The minimum absolute atomic E-state index is 0.117. The molecule has 2 unspecified atom stereocenters. The van der Waals surface area contributed by atoms with Gasteiger partial charge in [0.2, 0.25) is 0 Å². The maximum absolute atomic E-state index is 10.9. The number of hydrogen-bond donors (Lipinski definition) is 5. The van der Waals surface area contributed by atoms with E-state index in [0.717, 1.165) is 0 Å². The van der Waals surface area contributed by atoms with E-state index in [1.54, 1.807) is 12.1 Å². The number of phenols is 1. The van der Waals surface area contributed by atoms with Gasteiger partial charge in [-0.3, -0.25) is 9.59 Å². The molecule has 0 bridgehead atoms. The molecule has 7 nitrogen and oxygen atoms in total. The third kappa shape index (κ3) is 3.43. The summed E-state index contributed by atoms with van der Waals surface area (Å²) in [5.74, 6) is -2.64. The van der Waals surface area contributed by atoms with Crippen LogP contribution >= 0.6 is 0 Å². The molecule has 0 aliphatic heterocycles. The molecule has 7 heteroatoms. The fourth-order valence-corrected chi connectivity index (χ4v) is 1.91. The third-order valence-electron chi connectivity index (χ3n) is 2.91. The highest BCUT2D eigenvalue weighted by atomic mass is 16.4. The van der Waals surface area contributed by atoms with Gasteiger partial charge in [0.1, 0.15) is 5.75 Å². The summed E-state index contributed by atoms with van der Waals surface area (Å²) in [7, 11) is 0. The molecule has 0 aliphatic rings. The number of carbonyl (C=O) groups is 2. The normalized spacial score (nSPS) is 15.5. The molecule has 0 heterocycles. The van der Waals surface area contributed by atoms with E-state index in [1.807, 2.05) is 0 Å². The molecular formula is C12H16N2O5. The van der Waals surface area contributed by atoms with E-state index in [4.69, 9.17) is 21.7 Å². The van der Waals surface area contributed by atoms with Crippen LogP contribution in [0, 0.1) is 0 Å². The second kappa shape index (κ2) is 5.68. The van der Waals surface area contributed by atoms with Crippen molar-refractivity contribution in [2.24, 2.45) is 11.5 Å². The van der Waals surface area contributed by atoms with Gasteiger partial charge in [0.25, 0.3) is 0 Å². The van der Waals surface area contributed by atoms with Crippen molar-refractivity contribution in [3.63, 3.8) is 0 Å². The first-order valence-electron chi connectivity index (χ1n) is 5.54. The molecule has 1 aromatic rings. The summed E-state index contributed by atoms with van der Waals surface area (Å²) < 4.78 is 0. The number of para-hydroxylation sites is 1. The van der Waals surface area contributed by atoms with Crippen LogP contribution in [-0.2, 0) is 15.1 Å². The van der Waals surface area contributed by atoms with Crippen LogP contribution in [0.15, 0.2) is 24.3 Å². The summed E-state index contributed by atoms with van der Waals surface area (Å²) in [6.07, 6.45) is -1.09. The van der Waals surface area contributed by atoms with Crippen LogP contribution in [0.3, 0.4) is 0 Å². The zero-order valence-corrected chi connectivity index (χ0v) is 10.1. The largest absolute Gasteiger partial charge is 0.508 e. The van der Waals surface area contributed by atoms with Crippen molar-refractivity contribution >= 4 is 11.9 Å². The minimum Gasteiger partial charge on any atom is -0.508 e. The Kier molecular flexibility index (Phi) is 4.47. The highest BCUT2D eigenvalue weighted by Gasteiger charge is 2.39. The van der Waals surface area contributed by atoms with Crippen LogP contribution < -0.4 is 11.5 Å². The minimum atomic E-state index is -1.66. The van der Waals surface area contributed by atoms with Crippen molar-refractivity contribution in [2.45, 2.75) is 24.4 Å². The van der Waals surface area contributed by atoms with Crippen LogP contribution in [0.4, 0.5) is 0 Å². The Hall–Kier alpha value is -2.12. The SMILES string of the molecule is NC(CC(=O)O)C(N)(CC(=O)O)c1ccccc1O. The molecule has 0 radical (unpaired) electrons. The van der Waals surface area contributed by atoms with Crippen LogP contribution in [-0.4, -0.2) is 33.3 Å². The number of phenolic OH excluding ortho intramolecular Hbond substituents is 1. The maximum atomic E-state index is 10.9. The zero-order chi connectivity index (χ0) is 14.6. The molecule has 0 fully saturated rings. The second-order valence-electron chi connectivity index (χ2n) is 4.33. The Bertz CT molecular complexity index is 491. The first kappa shape index (κ1) is 14.9. The van der Waals surface area contributed by atoms with Gasteiger partial charge < -0.3 is 26.8 Å². The smallest absolute Gasteiger partial charge is 0.305 e. The Morgan fingerprint density at radius 3 is 2.26 bits per heavy atom. The van der Waals surface area contributed by atoms with E-state index in [1.165, 1.54) is 12.1 Å². The molecule has 1 aromatic carbocycles. The average molecular weight is 268 g/mol. The van der Waals surface area contributed by atoms with Gasteiger partial charge in [0.05, 0.1) is 18.4 Å². The van der Waals surface area contributed by atoms with Gasteiger partial charge in [-0.25, -0.2) is 0 Å². The van der Waals surface area contributed by atoms with Crippen molar-refractivity contribution in [2.75, 3.05) is 0 Å². The molecule has 19 heavy (non-hydrogen) atoms. The fraction of sp³-hybridized carbons (Fsp3) is 0.333. The van der Waals surface area contributed by atoms with Crippen LogP contribution in [0.25, 0.3) is 0 Å². The van der Waals surface area contributed by atoms with E-state index in [-0.39, 0.29) is 11.3 Å². The molecule has 0 saturated carbocycles. The van der Waals surface area contributed by atoms with E-state index >= 15 is 0 Å². The van der Waals surface area contributed by atoms with Gasteiger partial charge >= 0.3 is 11.9 Å². The molecular weight excluding hydrogens is 252 g/mol. The number of benzene rings is 1. The summed E-state index contributed by atoms with van der Waals surface area (Å²) in [5.41, 5.74) is 10.2. The maximum Gasteiger partial charge on any atom is 0.305 e. The van der Waals surface area contributed by atoms with Crippen LogP contribution in [0.1, 0.15) is 18.4 Å². The van der Waals surface area contributed by atoms with Gasteiger partial charge in [-0.15, -0.1) is 0 Å². The average Bonchev–Trinajstić information content (AvgIpc) is 2.27. The van der Waals surface area contributed by atoms with Crippen molar-refractivity contribution in [1.82, 2.24) is 0 Å². The number of carboxylic acids is 2. The van der Waals surface area contributed by atoms with Crippen LogP contribution in [0.2, 0.25) is 0 Å². The molecule has 2 atom stereocenters. The van der Waals surface area contributed by atoms with E-state index < -0.39 is 36.4 Å². The number of rotatable bonds is 6. The molecule has 0 aromatic heterocycles. The van der Waals surface area contributed by atoms with Crippen LogP contribution in [0.5, 0.6) is 5.75 Å². The zero-order valence-electron chi connectivity index (χ0n) is 10.1. The third-order valence-corrected chi connectivity index (χ3v) is 2.91. The number of nitrogens with two attached hydrogens (primary N) is 2. The molecule has 0 aliphatic carbocycles. The second-order valence-corrected chi connectivity index (χ2v) is 4.33. The van der Waals surface area contributed by atoms with Crippen molar-refractivity contribution in [1.29, 1.82) is 0 Å². The first-order chi connectivity index (χ1) is 8.77. The van der Waals surface area contributed by atoms with Crippen molar-refractivity contribution in [3.05, 3.63) is 29.8 Å².